The fourth-order valence-corrected chi connectivity index (χ4v) is 2.50. The van der Waals surface area contributed by atoms with Crippen LogP contribution in [-0.2, 0) is 7.05 Å². The molecule has 1 amide bonds. The fraction of sp³-hybridized carbons (Fsp3) is 0.429. The largest absolute Gasteiger partial charge is 0.355 e. The van der Waals surface area contributed by atoms with Gasteiger partial charge in [-0.3, -0.25) is 14.5 Å². The predicted octanol–water partition coefficient (Wildman–Crippen LogP) is 0.609. The molecule has 0 aliphatic carbocycles. The number of nitrogens with zero attached hydrogens (tertiary/aromatic N) is 5. The molecule has 0 bridgehead atoms. The van der Waals surface area contributed by atoms with E-state index in [0.717, 1.165) is 31.7 Å². The summed E-state index contributed by atoms with van der Waals surface area (Å²) in [5, 5.41) is 7.16. The highest BCUT2D eigenvalue weighted by atomic mass is 16.2. The van der Waals surface area contributed by atoms with E-state index in [1.165, 1.54) is 0 Å². The molecule has 7 nitrogen and oxygen atoms in total. The van der Waals surface area contributed by atoms with Gasteiger partial charge in [-0.25, -0.2) is 4.98 Å². The highest BCUT2D eigenvalue weighted by Gasteiger charge is 2.22. The molecule has 21 heavy (non-hydrogen) atoms. The second-order valence-electron chi connectivity index (χ2n) is 5.17. The number of rotatable bonds is 3. The molecule has 2 aromatic heterocycles. The zero-order valence-electron chi connectivity index (χ0n) is 11.9. The molecular weight excluding hydrogens is 268 g/mol. The number of hydrogen-bond donors (Lipinski definition) is 1. The smallest absolute Gasteiger partial charge is 0.271 e. The maximum Gasteiger partial charge on any atom is 0.271 e. The van der Waals surface area contributed by atoms with Crippen molar-refractivity contribution in [1.82, 2.24) is 25.1 Å². The van der Waals surface area contributed by atoms with Crippen LogP contribution in [0.25, 0.3) is 0 Å². The normalized spacial score (nSPS) is 16.0. The molecule has 0 radical (unpaired) electrons. The maximum absolute atomic E-state index is 12.1. The van der Waals surface area contributed by atoms with Gasteiger partial charge in [0.05, 0.1) is 6.20 Å². The number of amides is 1. The van der Waals surface area contributed by atoms with Gasteiger partial charge in [0.25, 0.3) is 5.91 Å². The van der Waals surface area contributed by atoms with Crippen LogP contribution < -0.4 is 10.2 Å². The molecule has 110 valence electrons. The highest BCUT2D eigenvalue weighted by molar-refractivity contribution is 5.92. The van der Waals surface area contributed by atoms with Crippen molar-refractivity contribution in [3.8, 4) is 0 Å². The number of carbonyl (C=O) groups excluding carboxylic acids is 1. The van der Waals surface area contributed by atoms with Gasteiger partial charge < -0.3 is 10.2 Å². The third-order valence-electron chi connectivity index (χ3n) is 3.65. The zero-order valence-corrected chi connectivity index (χ0v) is 11.9. The minimum absolute atomic E-state index is 0.103. The van der Waals surface area contributed by atoms with Gasteiger partial charge in [0.2, 0.25) is 0 Å². The molecule has 1 fully saturated rings. The quantitative estimate of drug-likeness (QED) is 0.894. The van der Waals surface area contributed by atoms with E-state index in [9.17, 15) is 4.79 Å². The molecule has 1 aliphatic rings. The third-order valence-corrected chi connectivity index (χ3v) is 3.65. The van der Waals surface area contributed by atoms with Crippen LogP contribution in [0.15, 0.2) is 30.9 Å². The third kappa shape index (κ3) is 3.18. The van der Waals surface area contributed by atoms with Crippen molar-refractivity contribution in [1.29, 1.82) is 0 Å². The first-order valence-corrected chi connectivity index (χ1v) is 7.04. The van der Waals surface area contributed by atoms with Crippen LogP contribution >= 0.6 is 0 Å². The minimum atomic E-state index is -0.103. The van der Waals surface area contributed by atoms with E-state index in [4.69, 9.17) is 0 Å². The number of aryl methyl sites for hydroxylation is 1. The van der Waals surface area contributed by atoms with E-state index < -0.39 is 0 Å². The zero-order chi connectivity index (χ0) is 14.7. The van der Waals surface area contributed by atoms with Gasteiger partial charge in [0, 0.05) is 44.8 Å². The number of aromatic nitrogens is 4. The van der Waals surface area contributed by atoms with Gasteiger partial charge in [0.15, 0.2) is 0 Å². The van der Waals surface area contributed by atoms with Crippen LogP contribution in [0.2, 0.25) is 0 Å². The molecule has 3 heterocycles. The summed E-state index contributed by atoms with van der Waals surface area (Å²) in [4.78, 5) is 22.6. The summed E-state index contributed by atoms with van der Waals surface area (Å²) >= 11 is 0. The Morgan fingerprint density at radius 2 is 2.14 bits per heavy atom. The lowest BCUT2D eigenvalue weighted by Crippen LogP contribution is -2.45. The van der Waals surface area contributed by atoms with E-state index >= 15 is 0 Å². The lowest BCUT2D eigenvalue weighted by Gasteiger charge is -2.32. The van der Waals surface area contributed by atoms with Gasteiger partial charge in [0.1, 0.15) is 11.5 Å². The summed E-state index contributed by atoms with van der Waals surface area (Å²) in [5.74, 6) is 0.792. The molecule has 0 aromatic carbocycles. The lowest BCUT2D eigenvalue weighted by atomic mass is 10.0. The summed E-state index contributed by atoms with van der Waals surface area (Å²) in [7, 11) is 1.80. The van der Waals surface area contributed by atoms with Crippen LogP contribution in [0.3, 0.4) is 0 Å². The Morgan fingerprint density at radius 1 is 1.33 bits per heavy atom. The Hall–Kier alpha value is -2.44. The molecule has 0 spiro atoms. The monoisotopic (exact) mass is 286 g/mol. The van der Waals surface area contributed by atoms with Crippen molar-refractivity contribution in [3.05, 3.63) is 36.5 Å². The van der Waals surface area contributed by atoms with Crippen molar-refractivity contribution in [2.45, 2.75) is 18.9 Å². The Kier molecular flexibility index (Phi) is 3.81. The Bertz CT molecular complexity index is 603. The minimum Gasteiger partial charge on any atom is -0.355 e. The number of anilines is 1. The average Bonchev–Trinajstić information content (AvgIpc) is 2.96. The van der Waals surface area contributed by atoms with Gasteiger partial charge in [-0.1, -0.05) is 0 Å². The summed E-state index contributed by atoms with van der Waals surface area (Å²) in [6.45, 7) is 1.73. The number of piperidine rings is 1. The second-order valence-corrected chi connectivity index (χ2v) is 5.17. The van der Waals surface area contributed by atoms with Crippen LogP contribution in [0.5, 0.6) is 0 Å². The maximum atomic E-state index is 12.1. The van der Waals surface area contributed by atoms with Gasteiger partial charge in [-0.15, -0.1) is 0 Å². The van der Waals surface area contributed by atoms with Crippen molar-refractivity contribution >= 4 is 11.7 Å². The Labute approximate surface area is 123 Å². The summed E-state index contributed by atoms with van der Waals surface area (Å²) in [6, 6.07) is 1.91. The number of carbonyl (C=O) groups is 1. The first-order chi connectivity index (χ1) is 10.2. The van der Waals surface area contributed by atoms with E-state index in [1.54, 1.807) is 42.6 Å². The van der Waals surface area contributed by atoms with Crippen LogP contribution in [-0.4, -0.2) is 44.8 Å². The molecule has 2 aromatic rings. The molecule has 0 unspecified atom stereocenters. The van der Waals surface area contributed by atoms with Crippen molar-refractivity contribution in [2.75, 3.05) is 18.0 Å². The molecular formula is C14H18N6O. The average molecular weight is 286 g/mol. The molecule has 1 saturated heterocycles. The van der Waals surface area contributed by atoms with Crippen molar-refractivity contribution in [3.63, 3.8) is 0 Å². The summed E-state index contributed by atoms with van der Waals surface area (Å²) in [6.07, 6.45) is 8.70. The first kappa shape index (κ1) is 13.5. The van der Waals surface area contributed by atoms with Crippen molar-refractivity contribution < 1.29 is 4.79 Å². The Balaban J connectivity index is 1.53. The van der Waals surface area contributed by atoms with Gasteiger partial charge in [-0.05, 0) is 18.9 Å². The molecule has 0 atom stereocenters. The number of nitrogens with one attached hydrogen (secondary N) is 1. The highest BCUT2D eigenvalue weighted by Crippen LogP contribution is 2.16. The van der Waals surface area contributed by atoms with Crippen LogP contribution in [0.1, 0.15) is 23.3 Å². The summed E-state index contributed by atoms with van der Waals surface area (Å²) in [5.41, 5.74) is 0.467. The summed E-state index contributed by atoms with van der Waals surface area (Å²) < 4.78 is 1.63. The van der Waals surface area contributed by atoms with Crippen LogP contribution in [0, 0.1) is 0 Å². The van der Waals surface area contributed by atoms with E-state index in [-0.39, 0.29) is 11.9 Å². The standard InChI is InChI=1S/C14H18N6O/c1-19-7-4-12(18-19)14(21)17-11-2-8-20(9-3-11)13-10-15-5-6-16-13/h4-7,10-11H,2-3,8-9H2,1H3,(H,17,21). The Morgan fingerprint density at radius 3 is 2.76 bits per heavy atom. The van der Waals surface area contributed by atoms with Crippen molar-refractivity contribution in [2.24, 2.45) is 7.05 Å². The lowest BCUT2D eigenvalue weighted by molar-refractivity contribution is 0.0925. The molecule has 1 N–H and O–H groups in total. The topological polar surface area (TPSA) is 75.9 Å². The van der Waals surface area contributed by atoms with Crippen LogP contribution in [0.4, 0.5) is 5.82 Å². The van der Waals surface area contributed by atoms with E-state index in [0.29, 0.717) is 5.69 Å². The fourth-order valence-electron chi connectivity index (χ4n) is 2.50. The van der Waals surface area contributed by atoms with E-state index in [1.807, 2.05) is 0 Å². The predicted molar refractivity (Wildman–Crippen MR) is 77.9 cm³/mol. The second kappa shape index (κ2) is 5.90. The molecule has 1 aliphatic heterocycles. The van der Waals surface area contributed by atoms with Gasteiger partial charge >= 0.3 is 0 Å². The first-order valence-electron chi connectivity index (χ1n) is 7.04. The molecule has 7 heteroatoms. The van der Waals surface area contributed by atoms with Gasteiger partial charge in [-0.2, -0.15) is 5.10 Å². The SMILES string of the molecule is Cn1ccc(C(=O)NC2CCN(c3cnccn3)CC2)n1. The molecule has 0 saturated carbocycles. The molecule has 3 rings (SSSR count). The number of hydrogen-bond acceptors (Lipinski definition) is 5. The van der Waals surface area contributed by atoms with E-state index in [2.05, 4.69) is 25.3 Å².